The number of alkyl halides is 3. The first-order valence-electron chi connectivity index (χ1n) is 8.25. The first kappa shape index (κ1) is 18.4. The van der Waals surface area contributed by atoms with Crippen molar-refractivity contribution >= 4 is 5.95 Å². The summed E-state index contributed by atoms with van der Waals surface area (Å²) in [5, 5.41) is 28.0. The van der Waals surface area contributed by atoms with Crippen LogP contribution in [-0.4, -0.2) is 44.1 Å². The molecule has 140 valence electrons. The Morgan fingerprint density at radius 2 is 2.00 bits per heavy atom. The van der Waals surface area contributed by atoms with Gasteiger partial charge in [0.1, 0.15) is 11.4 Å². The maximum atomic E-state index is 12.7. The van der Waals surface area contributed by atoms with Crippen molar-refractivity contribution in [3.8, 4) is 17.0 Å². The number of aliphatic hydroxyl groups is 1. The van der Waals surface area contributed by atoms with Gasteiger partial charge in [0.2, 0.25) is 5.95 Å². The van der Waals surface area contributed by atoms with Crippen LogP contribution in [0.25, 0.3) is 11.3 Å². The second-order valence-corrected chi connectivity index (χ2v) is 6.42. The van der Waals surface area contributed by atoms with E-state index in [1.54, 1.807) is 13.8 Å². The van der Waals surface area contributed by atoms with Crippen LogP contribution in [0, 0.1) is 6.92 Å². The fourth-order valence-corrected chi connectivity index (χ4v) is 3.21. The second-order valence-electron chi connectivity index (χ2n) is 6.42. The molecule has 1 saturated heterocycles. The molecule has 0 aliphatic carbocycles. The van der Waals surface area contributed by atoms with E-state index in [0.29, 0.717) is 24.3 Å². The van der Waals surface area contributed by atoms with Crippen LogP contribution in [0.15, 0.2) is 18.2 Å². The van der Waals surface area contributed by atoms with Gasteiger partial charge in [-0.15, -0.1) is 10.2 Å². The molecule has 1 aliphatic heterocycles. The lowest BCUT2D eigenvalue weighted by Crippen LogP contribution is -2.38. The van der Waals surface area contributed by atoms with Crippen molar-refractivity contribution in [3.05, 3.63) is 29.5 Å². The van der Waals surface area contributed by atoms with Crippen LogP contribution in [0.2, 0.25) is 0 Å². The van der Waals surface area contributed by atoms with Gasteiger partial charge in [0.25, 0.3) is 0 Å². The van der Waals surface area contributed by atoms with E-state index in [2.05, 4.69) is 15.2 Å². The Hall–Kier alpha value is -2.42. The van der Waals surface area contributed by atoms with Crippen molar-refractivity contribution in [3.63, 3.8) is 0 Å². The minimum Gasteiger partial charge on any atom is -0.507 e. The van der Waals surface area contributed by atoms with Crippen molar-refractivity contribution in [1.29, 1.82) is 0 Å². The number of aliphatic hydroxyl groups excluding tert-OH is 1. The number of anilines is 1. The molecule has 1 aromatic heterocycles. The number of aromatic hydroxyl groups is 1. The highest BCUT2D eigenvalue weighted by Gasteiger charge is 2.32. The Kier molecular flexibility index (Phi) is 4.74. The molecule has 3 rings (SSSR count). The Labute approximate surface area is 148 Å². The Bertz CT molecular complexity index is 811. The third-order valence-corrected chi connectivity index (χ3v) is 4.54. The van der Waals surface area contributed by atoms with Crippen molar-refractivity contribution in [1.82, 2.24) is 15.2 Å². The Balaban J connectivity index is 1.94. The number of halogens is 3. The van der Waals surface area contributed by atoms with Gasteiger partial charge in [-0.05, 0) is 44.9 Å². The topological polar surface area (TPSA) is 82.4 Å². The number of phenolic OH excluding ortho intramolecular Hbond substituents is 1. The maximum Gasteiger partial charge on any atom is 0.416 e. The van der Waals surface area contributed by atoms with Crippen molar-refractivity contribution in [2.45, 2.75) is 45.0 Å². The van der Waals surface area contributed by atoms with Crippen LogP contribution >= 0.6 is 0 Å². The van der Waals surface area contributed by atoms with Crippen LogP contribution in [0.4, 0.5) is 19.1 Å². The lowest BCUT2D eigenvalue weighted by atomic mass is 10.1. The Morgan fingerprint density at radius 3 is 2.58 bits per heavy atom. The van der Waals surface area contributed by atoms with Crippen molar-refractivity contribution in [2.75, 3.05) is 11.4 Å². The van der Waals surface area contributed by atoms with Crippen LogP contribution in [-0.2, 0) is 6.18 Å². The van der Waals surface area contributed by atoms with Crippen LogP contribution in [0.3, 0.4) is 0 Å². The quantitative estimate of drug-likeness (QED) is 0.867. The van der Waals surface area contributed by atoms with E-state index in [1.807, 2.05) is 4.90 Å². The molecule has 2 N–H and O–H groups in total. The van der Waals surface area contributed by atoms with E-state index in [0.717, 1.165) is 25.0 Å². The first-order valence-corrected chi connectivity index (χ1v) is 8.25. The number of nitrogens with zero attached hydrogens (tertiary/aromatic N) is 4. The molecule has 0 bridgehead atoms. The lowest BCUT2D eigenvalue weighted by Gasteiger charge is -2.26. The van der Waals surface area contributed by atoms with Gasteiger partial charge in [0.05, 0.1) is 23.4 Å². The van der Waals surface area contributed by atoms with Gasteiger partial charge in [-0.3, -0.25) is 0 Å². The maximum absolute atomic E-state index is 12.7. The highest BCUT2D eigenvalue weighted by atomic mass is 19.4. The normalized spacial score (nSPS) is 19.0. The number of rotatable bonds is 3. The summed E-state index contributed by atoms with van der Waals surface area (Å²) in [6.45, 7) is 4.05. The first-order chi connectivity index (χ1) is 12.2. The molecule has 1 aliphatic rings. The Morgan fingerprint density at radius 1 is 1.27 bits per heavy atom. The van der Waals surface area contributed by atoms with E-state index < -0.39 is 23.6 Å². The fraction of sp³-hybridized carbons (Fsp3) is 0.471. The minimum atomic E-state index is -4.54. The van der Waals surface area contributed by atoms with Crippen molar-refractivity contribution in [2.24, 2.45) is 0 Å². The average molecular weight is 368 g/mol. The third kappa shape index (κ3) is 3.44. The molecule has 0 saturated carbocycles. The molecule has 2 heterocycles. The second kappa shape index (κ2) is 6.71. The van der Waals surface area contributed by atoms with Crippen LogP contribution in [0.5, 0.6) is 5.75 Å². The van der Waals surface area contributed by atoms with Gasteiger partial charge in [0.15, 0.2) is 0 Å². The van der Waals surface area contributed by atoms with E-state index in [-0.39, 0.29) is 17.3 Å². The molecular weight excluding hydrogens is 349 g/mol. The molecule has 0 amide bonds. The van der Waals surface area contributed by atoms with E-state index in [4.69, 9.17) is 0 Å². The number of hydrogen-bond acceptors (Lipinski definition) is 6. The zero-order valence-electron chi connectivity index (χ0n) is 14.3. The van der Waals surface area contributed by atoms with Crippen LogP contribution in [0.1, 0.15) is 31.0 Å². The molecular formula is C17H19F3N4O2. The molecule has 26 heavy (non-hydrogen) atoms. The molecule has 2 atom stereocenters. The van der Waals surface area contributed by atoms with Crippen molar-refractivity contribution < 1.29 is 23.4 Å². The zero-order valence-corrected chi connectivity index (χ0v) is 14.3. The third-order valence-electron chi connectivity index (χ3n) is 4.54. The summed E-state index contributed by atoms with van der Waals surface area (Å²) in [5.74, 6) is -0.171. The average Bonchev–Trinajstić information content (AvgIpc) is 3.04. The number of aromatic nitrogens is 3. The number of benzene rings is 1. The molecule has 2 aromatic rings. The summed E-state index contributed by atoms with van der Waals surface area (Å²) in [7, 11) is 0. The molecule has 1 fully saturated rings. The fourth-order valence-electron chi connectivity index (χ4n) is 3.21. The summed E-state index contributed by atoms with van der Waals surface area (Å²) in [4.78, 5) is 6.26. The zero-order chi connectivity index (χ0) is 19.1. The smallest absolute Gasteiger partial charge is 0.416 e. The predicted molar refractivity (Wildman–Crippen MR) is 88.7 cm³/mol. The molecule has 6 nitrogen and oxygen atoms in total. The summed E-state index contributed by atoms with van der Waals surface area (Å²) < 4.78 is 38.2. The summed E-state index contributed by atoms with van der Waals surface area (Å²) in [6, 6.07) is 2.61. The predicted octanol–water partition coefficient (Wildman–Crippen LogP) is 2.92. The van der Waals surface area contributed by atoms with Crippen LogP contribution < -0.4 is 4.90 Å². The number of aryl methyl sites for hydroxylation is 1. The minimum absolute atomic E-state index is 0.0958. The highest BCUT2D eigenvalue weighted by molar-refractivity contribution is 5.69. The molecule has 1 unspecified atom stereocenters. The number of phenols is 1. The van der Waals surface area contributed by atoms with E-state index in [9.17, 15) is 23.4 Å². The van der Waals surface area contributed by atoms with E-state index in [1.165, 1.54) is 0 Å². The molecule has 9 heteroatoms. The standard InChI is InChI=1S/C17H19F3N4O2/c1-9-15(12-6-5-11(8-14(12)26)17(18,19)20)22-23-16(21-9)24-7-3-4-13(24)10(2)25/h5-6,8,10,13,25-26H,3-4,7H2,1-2H3/t10?,13-/m1/s1. The molecule has 0 radical (unpaired) electrons. The SMILES string of the molecule is Cc1nc(N2CCC[C@@H]2C(C)O)nnc1-c1ccc(C(F)(F)F)cc1O. The van der Waals surface area contributed by atoms with Gasteiger partial charge < -0.3 is 15.1 Å². The monoisotopic (exact) mass is 368 g/mol. The molecule has 1 aromatic carbocycles. The lowest BCUT2D eigenvalue weighted by molar-refractivity contribution is -0.137. The summed E-state index contributed by atoms with van der Waals surface area (Å²) >= 11 is 0. The van der Waals surface area contributed by atoms with Gasteiger partial charge in [-0.2, -0.15) is 13.2 Å². The van der Waals surface area contributed by atoms with Gasteiger partial charge in [-0.25, -0.2) is 4.98 Å². The van der Waals surface area contributed by atoms with Gasteiger partial charge >= 0.3 is 6.18 Å². The number of hydrogen-bond donors (Lipinski definition) is 2. The summed E-state index contributed by atoms with van der Waals surface area (Å²) in [6.07, 6.45) is -3.36. The largest absolute Gasteiger partial charge is 0.507 e. The van der Waals surface area contributed by atoms with E-state index >= 15 is 0 Å². The van der Waals surface area contributed by atoms with Gasteiger partial charge in [0, 0.05) is 12.1 Å². The highest BCUT2D eigenvalue weighted by Crippen LogP contribution is 2.36. The summed E-state index contributed by atoms with van der Waals surface area (Å²) in [5.41, 5.74) is -0.157. The molecule has 0 spiro atoms. The van der Waals surface area contributed by atoms with Gasteiger partial charge in [-0.1, -0.05) is 0 Å².